The summed E-state index contributed by atoms with van der Waals surface area (Å²) in [6.45, 7) is 10.5. The van der Waals surface area contributed by atoms with E-state index in [9.17, 15) is 0 Å². The third kappa shape index (κ3) is 25.9. The van der Waals surface area contributed by atoms with Crippen LogP contribution in [-0.2, 0) is 6.54 Å². The Balaban J connectivity index is 2.50. The normalized spacial score (nSPS) is 12.5. The van der Waals surface area contributed by atoms with Crippen molar-refractivity contribution < 1.29 is 4.57 Å². The van der Waals surface area contributed by atoms with E-state index in [1.807, 2.05) is 0 Å². The molecule has 0 aromatic carbocycles. The highest BCUT2D eigenvalue weighted by molar-refractivity contribution is 4.76. The Labute approximate surface area is 285 Å². The van der Waals surface area contributed by atoms with Gasteiger partial charge in [-0.15, -0.1) is 0 Å². The summed E-state index contributed by atoms with van der Waals surface area (Å²) in [5, 5.41) is 0. The molecule has 0 aliphatic carbocycles. The van der Waals surface area contributed by atoms with Crippen LogP contribution in [0.25, 0.3) is 0 Å². The van der Waals surface area contributed by atoms with Crippen LogP contribution in [0.1, 0.15) is 246 Å². The minimum Gasteiger partial charge on any atom is -0.237 e. The molecule has 45 heavy (non-hydrogen) atoms. The van der Waals surface area contributed by atoms with Gasteiger partial charge in [0, 0.05) is 0 Å². The van der Waals surface area contributed by atoms with E-state index in [4.69, 9.17) is 0 Å². The summed E-state index contributed by atoms with van der Waals surface area (Å²) in [7, 11) is 0. The number of imidazole rings is 1. The van der Waals surface area contributed by atoms with Gasteiger partial charge >= 0.3 is 0 Å². The van der Waals surface area contributed by atoms with Crippen LogP contribution in [0.5, 0.6) is 0 Å². The number of rotatable bonds is 36. The third-order valence-corrected chi connectivity index (χ3v) is 10.6. The predicted octanol–water partition coefficient (Wildman–Crippen LogP) is 14.9. The first-order valence-electron chi connectivity index (χ1n) is 21.3. The van der Waals surface area contributed by atoms with Crippen molar-refractivity contribution in [1.82, 2.24) is 4.57 Å². The molecule has 1 aromatic heterocycles. The van der Waals surface area contributed by atoms with Gasteiger partial charge < -0.3 is 0 Å². The summed E-state index contributed by atoms with van der Waals surface area (Å²) in [5.41, 5.74) is 0. The van der Waals surface area contributed by atoms with Crippen molar-refractivity contribution in [3.8, 4) is 0 Å². The molecule has 1 atom stereocenters. The maximum Gasteiger partial charge on any atom is 0.243 e. The molecule has 2 nitrogen and oxygen atoms in total. The predicted molar refractivity (Wildman–Crippen MR) is 202 cm³/mol. The van der Waals surface area contributed by atoms with Crippen LogP contribution in [0.2, 0.25) is 0 Å². The van der Waals surface area contributed by atoms with Crippen molar-refractivity contribution in [2.75, 3.05) is 0 Å². The van der Waals surface area contributed by atoms with Crippen molar-refractivity contribution >= 4 is 0 Å². The largest absolute Gasteiger partial charge is 0.243 e. The summed E-state index contributed by atoms with van der Waals surface area (Å²) in [5.74, 6) is 0.985. The highest BCUT2D eigenvalue weighted by atomic mass is 15.1. The van der Waals surface area contributed by atoms with E-state index in [1.54, 1.807) is 0 Å². The van der Waals surface area contributed by atoms with E-state index < -0.39 is 0 Å². The Morgan fingerprint density at radius 1 is 0.400 bits per heavy atom. The molecule has 2 heteroatoms. The number of aromatic nitrogens is 2. The first-order valence-corrected chi connectivity index (χ1v) is 21.3. The van der Waals surface area contributed by atoms with Crippen molar-refractivity contribution in [3.05, 3.63) is 18.7 Å². The lowest BCUT2D eigenvalue weighted by Crippen LogP contribution is -2.31. The van der Waals surface area contributed by atoms with Gasteiger partial charge in [0.1, 0.15) is 18.4 Å². The van der Waals surface area contributed by atoms with E-state index in [0.29, 0.717) is 6.04 Å². The molecule has 1 unspecified atom stereocenters. The van der Waals surface area contributed by atoms with Gasteiger partial charge in [0.2, 0.25) is 6.33 Å². The Kier molecular flexibility index (Phi) is 31.1. The Bertz CT molecular complexity index is 674. The minimum atomic E-state index is 0.701. The van der Waals surface area contributed by atoms with Crippen LogP contribution in [0.4, 0.5) is 0 Å². The molecular weight excluding hydrogens is 544 g/mol. The van der Waals surface area contributed by atoms with E-state index in [1.165, 1.54) is 218 Å². The maximum atomic E-state index is 2.59. The van der Waals surface area contributed by atoms with Crippen molar-refractivity contribution in [1.29, 1.82) is 0 Å². The fourth-order valence-corrected chi connectivity index (χ4v) is 7.44. The zero-order valence-electron chi connectivity index (χ0n) is 31.8. The summed E-state index contributed by atoms with van der Waals surface area (Å²) in [6, 6.07) is 0.701. The van der Waals surface area contributed by atoms with Gasteiger partial charge in [-0.1, -0.05) is 207 Å². The molecule has 0 saturated heterocycles. The van der Waals surface area contributed by atoms with Gasteiger partial charge in [0.05, 0.1) is 6.54 Å². The van der Waals surface area contributed by atoms with E-state index in [0.717, 1.165) is 5.92 Å². The van der Waals surface area contributed by atoms with Gasteiger partial charge in [-0.2, -0.15) is 0 Å². The maximum absolute atomic E-state index is 2.59. The van der Waals surface area contributed by atoms with Crippen LogP contribution in [0.15, 0.2) is 18.7 Å². The van der Waals surface area contributed by atoms with Gasteiger partial charge in [0.25, 0.3) is 0 Å². The first kappa shape index (κ1) is 42.2. The monoisotopic (exact) mass is 630 g/mol. The Hall–Kier alpha value is -0.790. The lowest BCUT2D eigenvalue weighted by Gasteiger charge is -2.18. The van der Waals surface area contributed by atoms with Crippen molar-refractivity contribution in [2.45, 2.75) is 252 Å². The number of aryl methyl sites for hydroxylation is 1. The lowest BCUT2D eigenvalue weighted by atomic mass is 9.89. The molecule has 0 aliphatic heterocycles. The molecule has 0 aliphatic rings. The van der Waals surface area contributed by atoms with Gasteiger partial charge in [-0.25, -0.2) is 9.13 Å². The van der Waals surface area contributed by atoms with Gasteiger partial charge in [0.15, 0.2) is 0 Å². The first-order chi connectivity index (χ1) is 22.2. The molecule has 1 rings (SSSR count). The third-order valence-electron chi connectivity index (χ3n) is 10.6. The molecule has 266 valence electrons. The smallest absolute Gasteiger partial charge is 0.237 e. The standard InChI is InChI=1S/C43H85N2/c1-5-9-13-16-19-22-25-28-33-42(34-29-26-23-20-17-14-10-6-2)35-31-32-37-43(36-30-27-24-21-18-15-11-7-3)45-40-39-44(41-45)38-12-8-4/h39-43H,5-38H2,1-4H3/q+1. The van der Waals surface area contributed by atoms with Crippen LogP contribution < -0.4 is 4.57 Å². The summed E-state index contributed by atoms with van der Waals surface area (Å²) < 4.78 is 5.03. The Morgan fingerprint density at radius 2 is 0.733 bits per heavy atom. The highest BCUT2D eigenvalue weighted by Gasteiger charge is 2.17. The molecule has 0 spiro atoms. The summed E-state index contributed by atoms with van der Waals surface area (Å²) in [6.07, 6.45) is 54.5. The fraction of sp³-hybridized carbons (Fsp3) is 0.930. The fourth-order valence-electron chi connectivity index (χ4n) is 7.44. The molecule has 0 fully saturated rings. The van der Waals surface area contributed by atoms with E-state index in [2.05, 4.69) is 55.6 Å². The molecule has 0 N–H and O–H groups in total. The number of unbranched alkanes of at least 4 members (excludes halogenated alkanes) is 23. The van der Waals surface area contributed by atoms with E-state index in [-0.39, 0.29) is 0 Å². The minimum absolute atomic E-state index is 0.701. The second-order valence-corrected chi connectivity index (χ2v) is 15.0. The van der Waals surface area contributed by atoms with Crippen LogP contribution in [0, 0.1) is 5.92 Å². The molecule has 0 bridgehead atoms. The SMILES string of the molecule is CCCCCCCCCCC(CCCCCCCCCC)CCCCC(CCCCCCCCCC)n1cc[n+](CCCC)c1. The van der Waals surface area contributed by atoms with Gasteiger partial charge in [-0.3, -0.25) is 0 Å². The highest BCUT2D eigenvalue weighted by Crippen LogP contribution is 2.27. The zero-order valence-corrected chi connectivity index (χ0v) is 31.8. The van der Waals surface area contributed by atoms with Crippen LogP contribution in [0.3, 0.4) is 0 Å². The quantitative estimate of drug-likeness (QED) is 0.0516. The zero-order chi connectivity index (χ0) is 32.5. The molecule has 0 amide bonds. The van der Waals surface area contributed by atoms with Crippen LogP contribution >= 0.6 is 0 Å². The molecule has 1 heterocycles. The second kappa shape index (κ2) is 33.1. The average molecular weight is 630 g/mol. The lowest BCUT2D eigenvalue weighted by molar-refractivity contribution is -0.697. The van der Waals surface area contributed by atoms with Crippen molar-refractivity contribution in [2.24, 2.45) is 5.92 Å². The van der Waals surface area contributed by atoms with Crippen molar-refractivity contribution in [3.63, 3.8) is 0 Å². The molecule has 0 saturated carbocycles. The topological polar surface area (TPSA) is 8.81 Å². The van der Waals surface area contributed by atoms with E-state index >= 15 is 0 Å². The number of hydrogen-bond donors (Lipinski definition) is 0. The Morgan fingerprint density at radius 3 is 1.16 bits per heavy atom. The second-order valence-electron chi connectivity index (χ2n) is 15.0. The number of nitrogens with zero attached hydrogens (tertiary/aromatic N) is 2. The summed E-state index contributed by atoms with van der Waals surface area (Å²) in [4.78, 5) is 0. The molecule has 0 radical (unpaired) electrons. The van der Waals surface area contributed by atoms with Gasteiger partial charge in [-0.05, 0) is 38.0 Å². The number of hydrogen-bond acceptors (Lipinski definition) is 0. The summed E-state index contributed by atoms with van der Waals surface area (Å²) >= 11 is 0. The molecular formula is C43H85N2+. The average Bonchev–Trinajstić information content (AvgIpc) is 3.53. The molecule has 1 aromatic rings. The van der Waals surface area contributed by atoms with Crippen LogP contribution in [-0.4, -0.2) is 4.57 Å².